The van der Waals surface area contributed by atoms with Crippen LogP contribution in [0.1, 0.15) is 5.56 Å². The zero-order chi connectivity index (χ0) is 15.5. The molecule has 0 atom stereocenters. The van der Waals surface area contributed by atoms with Gasteiger partial charge in [0.1, 0.15) is 4.90 Å². The molecule has 0 aliphatic rings. The van der Waals surface area contributed by atoms with Gasteiger partial charge in [0.2, 0.25) is 10.0 Å². The van der Waals surface area contributed by atoms with Crippen LogP contribution in [0.4, 0.5) is 10.1 Å². The van der Waals surface area contributed by atoms with Gasteiger partial charge in [-0.15, -0.1) is 0 Å². The molecule has 0 amide bonds. The first kappa shape index (κ1) is 15.8. The predicted octanol–water partition coefficient (Wildman–Crippen LogP) is 2.58. The third-order valence-electron chi connectivity index (χ3n) is 2.86. The third kappa shape index (κ3) is 3.93. The number of hydrogen-bond donors (Lipinski definition) is 2. The van der Waals surface area contributed by atoms with Gasteiger partial charge in [0.25, 0.3) is 0 Å². The molecule has 0 bridgehead atoms. The van der Waals surface area contributed by atoms with Crippen LogP contribution in [-0.2, 0) is 16.4 Å². The van der Waals surface area contributed by atoms with Crippen LogP contribution in [0.15, 0.2) is 47.4 Å². The molecule has 0 saturated heterocycles. The largest absolute Gasteiger partial charge is 0.399 e. The second kappa shape index (κ2) is 6.43. The molecule has 0 saturated carbocycles. The van der Waals surface area contributed by atoms with Crippen LogP contribution in [0.25, 0.3) is 0 Å². The predicted molar refractivity (Wildman–Crippen MR) is 81.2 cm³/mol. The molecule has 2 aromatic rings. The lowest BCUT2D eigenvalue weighted by molar-refractivity contribution is 0.557. The molecule has 0 spiro atoms. The monoisotopic (exact) mass is 328 g/mol. The van der Waals surface area contributed by atoms with Gasteiger partial charge >= 0.3 is 0 Å². The quantitative estimate of drug-likeness (QED) is 0.829. The van der Waals surface area contributed by atoms with Crippen molar-refractivity contribution in [2.24, 2.45) is 0 Å². The molecule has 0 heterocycles. The molecule has 0 fully saturated rings. The molecular weight excluding hydrogens is 315 g/mol. The minimum atomic E-state index is -4.00. The first-order chi connectivity index (χ1) is 9.90. The van der Waals surface area contributed by atoms with Crippen LogP contribution in [0.5, 0.6) is 0 Å². The minimum absolute atomic E-state index is 0.0878. The molecule has 2 rings (SSSR count). The van der Waals surface area contributed by atoms with Crippen molar-refractivity contribution in [3.05, 3.63) is 58.9 Å². The molecule has 3 N–H and O–H groups in total. The Kier molecular flexibility index (Phi) is 4.82. The summed E-state index contributed by atoms with van der Waals surface area (Å²) in [6.07, 6.45) is 0.498. The van der Waals surface area contributed by atoms with E-state index in [1.165, 1.54) is 6.07 Å². The number of anilines is 1. The number of nitrogen functional groups attached to an aromatic ring is 1. The lowest BCUT2D eigenvalue weighted by Crippen LogP contribution is -2.27. The van der Waals surface area contributed by atoms with Gasteiger partial charge < -0.3 is 5.73 Å². The van der Waals surface area contributed by atoms with Crippen molar-refractivity contribution in [3.63, 3.8) is 0 Å². The second-order valence-electron chi connectivity index (χ2n) is 4.45. The number of hydrogen-bond acceptors (Lipinski definition) is 3. The van der Waals surface area contributed by atoms with Crippen molar-refractivity contribution in [2.45, 2.75) is 11.3 Å². The van der Waals surface area contributed by atoms with Gasteiger partial charge in [0, 0.05) is 12.2 Å². The molecule has 2 aromatic carbocycles. The molecular formula is C14H14ClFN2O2S. The first-order valence-electron chi connectivity index (χ1n) is 6.18. The molecule has 0 aromatic heterocycles. The number of halogens is 2. The zero-order valence-corrected chi connectivity index (χ0v) is 12.6. The average Bonchev–Trinajstić information content (AvgIpc) is 2.43. The molecule has 7 heteroatoms. The average molecular weight is 329 g/mol. The van der Waals surface area contributed by atoms with E-state index >= 15 is 0 Å². The van der Waals surface area contributed by atoms with Gasteiger partial charge in [0.05, 0.1) is 5.02 Å². The fraction of sp³-hybridized carbons (Fsp3) is 0.143. The standard InChI is InChI=1S/C14H14ClFN2O2S/c15-12-8-11(17)9-13(14(12)16)21(19,20)18-7-6-10-4-2-1-3-5-10/h1-5,8-9,18H,6-7,17H2. The topological polar surface area (TPSA) is 72.2 Å². The van der Waals surface area contributed by atoms with Crippen LogP contribution in [0.3, 0.4) is 0 Å². The van der Waals surface area contributed by atoms with Crippen LogP contribution in [-0.4, -0.2) is 15.0 Å². The Morgan fingerprint density at radius 2 is 1.86 bits per heavy atom. The highest BCUT2D eigenvalue weighted by atomic mass is 35.5. The zero-order valence-electron chi connectivity index (χ0n) is 11.0. The maximum atomic E-state index is 13.8. The Morgan fingerprint density at radius 3 is 2.52 bits per heavy atom. The fourth-order valence-electron chi connectivity index (χ4n) is 1.83. The maximum absolute atomic E-state index is 13.8. The van der Waals surface area contributed by atoms with E-state index in [0.717, 1.165) is 11.6 Å². The van der Waals surface area contributed by atoms with Gasteiger partial charge in [-0.25, -0.2) is 17.5 Å². The van der Waals surface area contributed by atoms with Crippen molar-refractivity contribution in [1.82, 2.24) is 4.72 Å². The van der Waals surface area contributed by atoms with Crippen LogP contribution < -0.4 is 10.5 Å². The van der Waals surface area contributed by atoms with Crippen LogP contribution >= 0.6 is 11.6 Å². The number of nitrogens with two attached hydrogens (primary N) is 1. The lowest BCUT2D eigenvalue weighted by Gasteiger charge is -2.09. The normalized spacial score (nSPS) is 11.5. The highest BCUT2D eigenvalue weighted by Crippen LogP contribution is 2.25. The van der Waals surface area contributed by atoms with Gasteiger partial charge in [-0.2, -0.15) is 0 Å². The smallest absolute Gasteiger partial charge is 0.243 e. The van der Waals surface area contributed by atoms with E-state index in [2.05, 4.69) is 4.72 Å². The summed E-state index contributed by atoms with van der Waals surface area (Å²) in [7, 11) is -4.00. The summed E-state index contributed by atoms with van der Waals surface area (Å²) >= 11 is 5.61. The molecule has 21 heavy (non-hydrogen) atoms. The van der Waals surface area contributed by atoms with Crippen molar-refractivity contribution in [2.75, 3.05) is 12.3 Å². The summed E-state index contributed by atoms with van der Waals surface area (Å²) < 4.78 is 40.3. The Morgan fingerprint density at radius 1 is 1.19 bits per heavy atom. The van der Waals surface area contributed by atoms with Crippen molar-refractivity contribution in [3.8, 4) is 0 Å². The SMILES string of the molecule is Nc1cc(Cl)c(F)c(S(=O)(=O)NCCc2ccccc2)c1. The van der Waals surface area contributed by atoms with E-state index in [1.807, 2.05) is 30.3 Å². The Balaban J connectivity index is 2.12. The van der Waals surface area contributed by atoms with E-state index < -0.39 is 20.7 Å². The number of nitrogens with one attached hydrogen (secondary N) is 1. The van der Waals surface area contributed by atoms with Gasteiger partial charge in [-0.1, -0.05) is 41.9 Å². The highest BCUT2D eigenvalue weighted by molar-refractivity contribution is 7.89. The Hall–Kier alpha value is -1.63. The molecule has 112 valence electrons. The van der Waals surface area contributed by atoms with E-state index in [4.69, 9.17) is 17.3 Å². The molecule has 0 radical (unpaired) electrons. The van der Waals surface area contributed by atoms with E-state index in [0.29, 0.717) is 6.42 Å². The molecule has 4 nitrogen and oxygen atoms in total. The third-order valence-corrected chi connectivity index (χ3v) is 4.59. The van der Waals surface area contributed by atoms with Gasteiger partial charge in [-0.3, -0.25) is 0 Å². The Bertz CT molecular complexity index is 736. The van der Waals surface area contributed by atoms with E-state index in [-0.39, 0.29) is 17.3 Å². The summed E-state index contributed by atoms with van der Waals surface area (Å²) in [5.41, 5.74) is 6.57. The first-order valence-corrected chi connectivity index (χ1v) is 8.04. The van der Waals surface area contributed by atoms with Crippen LogP contribution in [0.2, 0.25) is 5.02 Å². The van der Waals surface area contributed by atoms with Crippen molar-refractivity contribution < 1.29 is 12.8 Å². The maximum Gasteiger partial charge on any atom is 0.243 e. The summed E-state index contributed by atoms with van der Waals surface area (Å²) in [5, 5.41) is -0.321. The van der Waals surface area contributed by atoms with Crippen molar-refractivity contribution >= 4 is 27.3 Å². The van der Waals surface area contributed by atoms with E-state index in [9.17, 15) is 12.8 Å². The number of sulfonamides is 1. The van der Waals surface area contributed by atoms with Crippen LogP contribution in [0, 0.1) is 5.82 Å². The molecule has 0 aliphatic carbocycles. The summed E-state index contributed by atoms with van der Waals surface area (Å²) in [5.74, 6) is -1.00. The molecule has 0 unspecified atom stereocenters. The highest BCUT2D eigenvalue weighted by Gasteiger charge is 2.21. The lowest BCUT2D eigenvalue weighted by atomic mass is 10.2. The number of benzene rings is 2. The Labute approximate surface area is 127 Å². The summed E-state index contributed by atoms with van der Waals surface area (Å²) in [4.78, 5) is -0.541. The minimum Gasteiger partial charge on any atom is -0.399 e. The summed E-state index contributed by atoms with van der Waals surface area (Å²) in [6, 6.07) is 11.6. The van der Waals surface area contributed by atoms with Crippen molar-refractivity contribution in [1.29, 1.82) is 0 Å². The summed E-state index contributed by atoms with van der Waals surface area (Å²) in [6.45, 7) is 0.151. The fourth-order valence-corrected chi connectivity index (χ4v) is 3.28. The van der Waals surface area contributed by atoms with Gasteiger partial charge in [-0.05, 0) is 24.1 Å². The second-order valence-corrected chi connectivity index (χ2v) is 6.59. The van der Waals surface area contributed by atoms with Gasteiger partial charge in [0.15, 0.2) is 5.82 Å². The number of rotatable bonds is 5. The van der Waals surface area contributed by atoms with E-state index in [1.54, 1.807) is 0 Å². The molecule has 0 aliphatic heterocycles.